The van der Waals surface area contributed by atoms with Crippen molar-refractivity contribution in [1.29, 1.82) is 0 Å². The molecule has 2 nitrogen and oxygen atoms in total. The molecule has 0 aliphatic carbocycles. The van der Waals surface area contributed by atoms with E-state index in [1.54, 1.807) is 8.93 Å². The Hall–Kier alpha value is 0.710. The van der Waals surface area contributed by atoms with Crippen LogP contribution in [-0.2, 0) is 4.79 Å². The number of halogens is 1. The lowest BCUT2D eigenvalue weighted by molar-refractivity contribution is -0.117. The Morgan fingerprint density at radius 1 is 2.00 bits per heavy atom. The van der Waals surface area contributed by atoms with Crippen LogP contribution in [0.15, 0.2) is 0 Å². The fourth-order valence-corrected chi connectivity index (χ4v) is 1.72. The zero-order valence-electron chi connectivity index (χ0n) is 4.56. The second-order valence-corrected chi connectivity index (χ2v) is 3.91. The average molecular weight is 245 g/mol. The minimum absolute atomic E-state index is 0.0640. The van der Waals surface area contributed by atoms with E-state index < -0.39 is 0 Å². The highest BCUT2D eigenvalue weighted by Gasteiger charge is 2.05. The molecular weight excluding hydrogens is 237 g/mol. The molecule has 0 amide bonds. The smallest absolute Gasteiger partial charge is 0.147 e. The summed E-state index contributed by atoms with van der Waals surface area (Å²) in [5.74, 6) is 0.782. The van der Waals surface area contributed by atoms with Crippen molar-refractivity contribution in [2.24, 2.45) is 5.73 Å². The molecule has 0 aromatic carbocycles. The zero-order chi connectivity index (χ0) is 6.57. The van der Waals surface area contributed by atoms with Crippen LogP contribution in [0.1, 0.15) is 6.92 Å². The van der Waals surface area contributed by atoms with Crippen LogP contribution >= 0.6 is 30.1 Å². The maximum absolute atomic E-state index is 10.4. The third-order valence-electron chi connectivity index (χ3n) is 0.765. The zero-order valence-corrected chi connectivity index (χ0v) is 7.53. The molecule has 2 N–H and O–H groups in total. The summed E-state index contributed by atoms with van der Waals surface area (Å²) in [7, 11) is 1.56. The largest absolute Gasteiger partial charge is 0.321 e. The van der Waals surface area contributed by atoms with E-state index >= 15 is 0 Å². The Balaban J connectivity index is 3.32. The van der Waals surface area contributed by atoms with Crippen molar-refractivity contribution in [3.05, 3.63) is 0 Å². The van der Waals surface area contributed by atoms with Gasteiger partial charge in [0.15, 0.2) is 0 Å². The van der Waals surface area contributed by atoms with Gasteiger partial charge in [0.05, 0.1) is 6.04 Å². The van der Waals surface area contributed by atoms with Crippen LogP contribution in [0.25, 0.3) is 0 Å². The average Bonchev–Trinajstić information content (AvgIpc) is 1.67. The van der Waals surface area contributed by atoms with Gasteiger partial charge in [0.1, 0.15) is 5.78 Å². The van der Waals surface area contributed by atoms with E-state index in [0.29, 0.717) is 0 Å². The predicted molar refractivity (Wildman–Crippen MR) is 45.1 cm³/mol. The lowest BCUT2D eigenvalue weighted by Crippen LogP contribution is -2.30. The van der Waals surface area contributed by atoms with Crippen molar-refractivity contribution in [2.45, 2.75) is 13.0 Å². The van der Waals surface area contributed by atoms with Crippen LogP contribution in [0.3, 0.4) is 0 Å². The van der Waals surface area contributed by atoms with Gasteiger partial charge < -0.3 is 5.73 Å². The quantitative estimate of drug-likeness (QED) is 0.754. The first-order valence-electron chi connectivity index (χ1n) is 2.18. The predicted octanol–water partition coefficient (Wildman–Crippen LogP) is 0.986. The van der Waals surface area contributed by atoms with Gasteiger partial charge in [-0.2, -0.15) is 0 Å². The molecule has 0 aromatic heterocycles. The van der Waals surface area contributed by atoms with Crippen molar-refractivity contribution >= 4 is 35.9 Å². The van der Waals surface area contributed by atoms with Crippen molar-refractivity contribution < 1.29 is 4.79 Å². The molecule has 8 heavy (non-hydrogen) atoms. The molecule has 1 unspecified atom stereocenters. The highest BCUT2D eigenvalue weighted by Crippen LogP contribution is 2.11. The molecular formula is C4H8INOS. The van der Waals surface area contributed by atoms with E-state index in [4.69, 9.17) is 5.73 Å². The number of hydrogen-bond donors (Lipinski definition) is 1. The molecule has 48 valence electrons. The summed E-state index contributed by atoms with van der Waals surface area (Å²) >= 11 is 2.12. The summed E-state index contributed by atoms with van der Waals surface area (Å²) in [6.07, 6.45) is 0. The minimum Gasteiger partial charge on any atom is -0.321 e. The molecule has 0 aliphatic heterocycles. The van der Waals surface area contributed by atoms with E-state index in [9.17, 15) is 4.79 Å². The van der Waals surface area contributed by atoms with E-state index in [-0.39, 0.29) is 11.8 Å². The van der Waals surface area contributed by atoms with Crippen molar-refractivity contribution in [2.75, 3.05) is 5.75 Å². The van der Waals surface area contributed by atoms with Gasteiger partial charge in [0.2, 0.25) is 0 Å². The first kappa shape index (κ1) is 8.71. The fraction of sp³-hybridized carbons (Fsp3) is 0.750. The minimum atomic E-state index is -0.267. The number of ketones is 1. The van der Waals surface area contributed by atoms with Crippen molar-refractivity contribution in [1.82, 2.24) is 0 Å². The van der Waals surface area contributed by atoms with Gasteiger partial charge in [0, 0.05) is 5.75 Å². The fourth-order valence-electron chi connectivity index (χ4n) is 0.185. The number of carbonyl (C=O) groups excluding carboxylic acids is 1. The maximum atomic E-state index is 10.4. The van der Waals surface area contributed by atoms with E-state index in [1.165, 1.54) is 6.92 Å². The van der Waals surface area contributed by atoms with Crippen LogP contribution in [0.2, 0.25) is 0 Å². The first-order valence-corrected chi connectivity index (χ1v) is 5.71. The molecule has 0 radical (unpaired) electrons. The van der Waals surface area contributed by atoms with E-state index in [1.807, 2.05) is 0 Å². The monoisotopic (exact) mass is 245 g/mol. The molecule has 0 heterocycles. The highest BCUT2D eigenvalue weighted by molar-refractivity contribution is 14.2. The molecule has 0 spiro atoms. The summed E-state index contributed by atoms with van der Waals surface area (Å²) in [5, 5.41) is 0. The molecule has 0 bridgehead atoms. The standard InChI is InChI=1S/C4H8INOS/c1-3(7)4(6)2-8-5/h4H,2,6H2,1H3. The molecule has 1 atom stereocenters. The molecule has 0 rings (SSSR count). The Morgan fingerprint density at radius 3 is 2.62 bits per heavy atom. The van der Waals surface area contributed by atoms with Gasteiger partial charge in [0.25, 0.3) is 0 Å². The SMILES string of the molecule is CC(=O)C(N)CSI. The Kier molecular flexibility index (Phi) is 4.98. The number of hydrogen-bond acceptors (Lipinski definition) is 3. The number of nitrogens with two attached hydrogens (primary N) is 1. The molecule has 0 saturated heterocycles. The lowest BCUT2D eigenvalue weighted by atomic mass is 10.3. The van der Waals surface area contributed by atoms with E-state index in [2.05, 4.69) is 21.2 Å². The van der Waals surface area contributed by atoms with E-state index in [0.717, 1.165) is 5.75 Å². The van der Waals surface area contributed by atoms with Crippen LogP contribution in [-0.4, -0.2) is 17.6 Å². The van der Waals surface area contributed by atoms with Gasteiger partial charge in [-0.3, -0.25) is 4.79 Å². The van der Waals surface area contributed by atoms with Crippen LogP contribution in [0, 0.1) is 0 Å². The van der Waals surface area contributed by atoms with Gasteiger partial charge in [-0.1, -0.05) is 8.93 Å². The maximum Gasteiger partial charge on any atom is 0.147 e. The second kappa shape index (κ2) is 4.58. The van der Waals surface area contributed by atoms with Gasteiger partial charge >= 0.3 is 0 Å². The third-order valence-corrected chi connectivity index (χ3v) is 2.33. The summed E-state index contributed by atoms with van der Waals surface area (Å²) in [6, 6.07) is -0.267. The Morgan fingerprint density at radius 2 is 2.50 bits per heavy atom. The van der Waals surface area contributed by atoms with Crippen LogP contribution in [0.4, 0.5) is 0 Å². The first-order chi connectivity index (χ1) is 3.68. The summed E-state index contributed by atoms with van der Waals surface area (Å²) < 4.78 is 0. The van der Waals surface area contributed by atoms with Gasteiger partial charge in [-0.05, 0) is 28.1 Å². The molecule has 0 fully saturated rings. The lowest BCUT2D eigenvalue weighted by Gasteiger charge is -2.01. The molecule has 0 aliphatic rings. The molecule has 0 saturated carbocycles. The van der Waals surface area contributed by atoms with Crippen molar-refractivity contribution in [3.63, 3.8) is 0 Å². The summed E-state index contributed by atoms with van der Waals surface area (Å²) in [4.78, 5) is 10.4. The van der Waals surface area contributed by atoms with Crippen LogP contribution < -0.4 is 5.73 Å². The highest BCUT2D eigenvalue weighted by atomic mass is 127. The molecule has 4 heteroatoms. The van der Waals surface area contributed by atoms with Crippen LogP contribution in [0.5, 0.6) is 0 Å². The third kappa shape index (κ3) is 3.68. The van der Waals surface area contributed by atoms with Crippen molar-refractivity contribution in [3.8, 4) is 0 Å². The van der Waals surface area contributed by atoms with Gasteiger partial charge in [-0.25, -0.2) is 0 Å². The normalized spacial score (nSPS) is 13.4. The Bertz CT molecular complexity index is 88.1. The number of carbonyl (C=O) groups is 1. The molecule has 0 aromatic rings. The summed E-state index contributed by atoms with van der Waals surface area (Å²) in [6.45, 7) is 1.51. The number of Topliss-reactive ketones (excluding diaryl/α,β-unsaturated/α-hetero) is 1. The van der Waals surface area contributed by atoms with Gasteiger partial charge in [-0.15, -0.1) is 0 Å². The topological polar surface area (TPSA) is 43.1 Å². The summed E-state index contributed by atoms with van der Waals surface area (Å²) in [5.41, 5.74) is 5.35. The Labute approximate surface area is 65.2 Å². The number of rotatable bonds is 3. The second-order valence-electron chi connectivity index (χ2n) is 1.49.